The number of hydrogen-bond donors (Lipinski definition) is 2. The van der Waals surface area contributed by atoms with Crippen LogP contribution >= 0.6 is 0 Å². The van der Waals surface area contributed by atoms with Gasteiger partial charge in [-0.15, -0.1) is 0 Å². The molecule has 0 aliphatic rings. The third-order valence-corrected chi connectivity index (χ3v) is 2.86. The largest absolute Gasteiger partial charge is 0.493 e. The predicted molar refractivity (Wildman–Crippen MR) is 79.4 cm³/mol. The Kier molecular flexibility index (Phi) is 5.14. The molecule has 0 aliphatic carbocycles. The van der Waals surface area contributed by atoms with Crippen LogP contribution in [0.1, 0.15) is 12.1 Å². The highest BCUT2D eigenvalue weighted by Gasteiger charge is 2.08. The van der Waals surface area contributed by atoms with E-state index >= 15 is 0 Å². The van der Waals surface area contributed by atoms with E-state index in [2.05, 4.69) is 20.7 Å². The normalized spacial score (nSPS) is 10.2. The first-order valence-corrected chi connectivity index (χ1v) is 6.73. The van der Waals surface area contributed by atoms with Gasteiger partial charge >= 0.3 is 6.03 Å². The quantitative estimate of drug-likeness (QED) is 0.795. The van der Waals surface area contributed by atoms with Crippen LogP contribution in [0.15, 0.2) is 30.6 Å². The maximum Gasteiger partial charge on any atom is 0.320 e. The first-order chi connectivity index (χ1) is 10.2. The van der Waals surface area contributed by atoms with Gasteiger partial charge in [-0.1, -0.05) is 0 Å². The lowest BCUT2D eigenvalue weighted by atomic mass is 10.3. The molecule has 7 nitrogen and oxygen atoms in total. The fraction of sp³-hybridized carbons (Fsp3) is 0.357. The smallest absolute Gasteiger partial charge is 0.320 e. The zero-order valence-electron chi connectivity index (χ0n) is 12.2. The molecule has 2 amide bonds. The molecule has 0 fully saturated rings. The van der Waals surface area contributed by atoms with Crippen LogP contribution in [0.25, 0.3) is 0 Å². The second-order valence-electron chi connectivity index (χ2n) is 4.51. The van der Waals surface area contributed by atoms with Crippen molar-refractivity contribution in [2.75, 3.05) is 19.0 Å². The van der Waals surface area contributed by atoms with Crippen molar-refractivity contribution in [3.8, 4) is 5.75 Å². The summed E-state index contributed by atoms with van der Waals surface area (Å²) in [4.78, 5) is 16.1. The number of nitrogens with one attached hydrogen (secondary N) is 2. The third-order valence-electron chi connectivity index (χ3n) is 2.86. The highest BCUT2D eigenvalue weighted by atomic mass is 16.5. The summed E-state index contributed by atoms with van der Waals surface area (Å²) in [5.41, 5.74) is 0.810. The van der Waals surface area contributed by atoms with Crippen LogP contribution in [-0.4, -0.2) is 34.5 Å². The Morgan fingerprint density at radius 1 is 1.43 bits per heavy atom. The second kappa shape index (κ2) is 7.28. The van der Waals surface area contributed by atoms with Gasteiger partial charge in [0.1, 0.15) is 0 Å². The van der Waals surface area contributed by atoms with E-state index in [9.17, 15) is 4.79 Å². The van der Waals surface area contributed by atoms with Gasteiger partial charge in [0, 0.05) is 31.2 Å². The lowest BCUT2D eigenvalue weighted by Crippen LogP contribution is -2.30. The van der Waals surface area contributed by atoms with Crippen molar-refractivity contribution in [1.82, 2.24) is 20.1 Å². The molecule has 2 aromatic heterocycles. The molecule has 2 rings (SSSR count). The molecular weight excluding hydrogens is 270 g/mol. The van der Waals surface area contributed by atoms with Crippen molar-refractivity contribution >= 4 is 11.8 Å². The predicted octanol–water partition coefficient (Wildman–Crippen LogP) is 1.81. The monoisotopic (exact) mass is 289 g/mol. The van der Waals surface area contributed by atoms with E-state index in [1.165, 1.54) is 0 Å². The van der Waals surface area contributed by atoms with Crippen molar-refractivity contribution < 1.29 is 9.53 Å². The van der Waals surface area contributed by atoms with Crippen LogP contribution in [0.2, 0.25) is 0 Å². The van der Waals surface area contributed by atoms with E-state index in [-0.39, 0.29) is 6.03 Å². The lowest BCUT2D eigenvalue weighted by Gasteiger charge is -2.11. The molecule has 0 atom stereocenters. The van der Waals surface area contributed by atoms with E-state index < -0.39 is 0 Å². The number of ether oxygens (including phenoxy) is 1. The molecule has 2 heterocycles. The minimum absolute atomic E-state index is 0.299. The topological polar surface area (TPSA) is 81.1 Å². The Morgan fingerprint density at radius 3 is 3.00 bits per heavy atom. The van der Waals surface area contributed by atoms with Gasteiger partial charge in [0.05, 0.1) is 7.11 Å². The van der Waals surface area contributed by atoms with Crippen LogP contribution in [0.4, 0.5) is 10.6 Å². The van der Waals surface area contributed by atoms with Gasteiger partial charge in [-0.3, -0.25) is 10.00 Å². The van der Waals surface area contributed by atoms with E-state index in [4.69, 9.17) is 4.74 Å². The van der Waals surface area contributed by atoms with Crippen molar-refractivity contribution in [3.63, 3.8) is 0 Å². The van der Waals surface area contributed by atoms with Crippen LogP contribution in [0.5, 0.6) is 5.75 Å². The molecule has 2 N–H and O–H groups in total. The molecule has 0 unspecified atom stereocenters. The number of pyridine rings is 1. The molecule has 0 saturated heterocycles. The summed E-state index contributed by atoms with van der Waals surface area (Å²) >= 11 is 0. The molecule has 0 bridgehead atoms. The minimum Gasteiger partial charge on any atom is -0.493 e. The van der Waals surface area contributed by atoms with E-state index in [0.29, 0.717) is 18.1 Å². The van der Waals surface area contributed by atoms with Gasteiger partial charge < -0.3 is 10.1 Å². The van der Waals surface area contributed by atoms with E-state index in [1.807, 2.05) is 29.9 Å². The maximum absolute atomic E-state index is 11.8. The summed E-state index contributed by atoms with van der Waals surface area (Å²) in [6, 6.07) is 5.17. The van der Waals surface area contributed by atoms with Gasteiger partial charge in [-0.25, -0.2) is 9.78 Å². The third kappa shape index (κ3) is 4.48. The van der Waals surface area contributed by atoms with Crippen molar-refractivity contribution in [3.05, 3.63) is 36.3 Å². The van der Waals surface area contributed by atoms with Gasteiger partial charge in [-0.2, -0.15) is 5.10 Å². The summed E-state index contributed by atoms with van der Waals surface area (Å²) in [6.07, 6.45) is 4.42. The number of carbonyl (C=O) groups is 1. The number of amides is 2. The molecule has 0 aromatic carbocycles. The minimum atomic E-state index is -0.299. The number of methoxy groups -OCH3 is 1. The van der Waals surface area contributed by atoms with Gasteiger partial charge in [0.25, 0.3) is 0 Å². The van der Waals surface area contributed by atoms with Gasteiger partial charge in [0.2, 0.25) is 0 Å². The summed E-state index contributed by atoms with van der Waals surface area (Å²) < 4.78 is 6.98. The van der Waals surface area contributed by atoms with Gasteiger partial charge in [0.15, 0.2) is 11.6 Å². The highest BCUT2D eigenvalue weighted by Crippen LogP contribution is 2.21. The number of aryl methyl sites for hydroxylation is 2. The molecule has 2 aromatic rings. The number of nitrogens with zero attached hydrogens (tertiary/aromatic N) is 3. The van der Waals surface area contributed by atoms with Crippen molar-refractivity contribution in [1.29, 1.82) is 0 Å². The number of carbonyl (C=O) groups excluding carboxylic acids is 1. The molecular formula is C14H19N5O2. The van der Waals surface area contributed by atoms with Crippen molar-refractivity contribution in [2.24, 2.45) is 0 Å². The fourth-order valence-electron chi connectivity index (χ4n) is 1.83. The van der Waals surface area contributed by atoms with Gasteiger partial charge in [-0.05, 0) is 31.5 Å². The summed E-state index contributed by atoms with van der Waals surface area (Å²) in [5.74, 6) is 0.953. The van der Waals surface area contributed by atoms with Crippen LogP contribution in [0, 0.1) is 6.92 Å². The number of urea groups is 1. The van der Waals surface area contributed by atoms with E-state index in [1.54, 1.807) is 19.4 Å². The maximum atomic E-state index is 11.8. The summed E-state index contributed by atoms with van der Waals surface area (Å²) in [7, 11) is 1.54. The molecule has 0 aliphatic heterocycles. The number of hydrogen-bond acceptors (Lipinski definition) is 4. The molecule has 7 heteroatoms. The highest BCUT2D eigenvalue weighted by molar-refractivity contribution is 5.89. The van der Waals surface area contributed by atoms with Crippen LogP contribution in [0.3, 0.4) is 0 Å². The van der Waals surface area contributed by atoms with Crippen molar-refractivity contribution in [2.45, 2.75) is 19.9 Å². The first kappa shape index (κ1) is 14.8. The zero-order chi connectivity index (χ0) is 15.1. The number of rotatable bonds is 6. The standard InChI is InChI=1S/C14H19N5O2/c1-11-5-6-12(21-2)13(17-11)18-14(20)15-7-3-9-19-10-4-8-16-19/h4-6,8,10H,3,7,9H2,1-2H3,(H2,15,17,18,20). The SMILES string of the molecule is COc1ccc(C)nc1NC(=O)NCCCn1cccn1. The summed E-state index contributed by atoms with van der Waals surface area (Å²) in [6.45, 7) is 3.17. The Morgan fingerprint density at radius 2 is 2.29 bits per heavy atom. The molecule has 0 saturated carbocycles. The average Bonchev–Trinajstić information content (AvgIpc) is 2.97. The molecule has 0 radical (unpaired) electrons. The number of anilines is 1. The molecule has 112 valence electrons. The number of aromatic nitrogens is 3. The Labute approximate surface area is 123 Å². The Bertz CT molecular complexity index is 583. The second-order valence-corrected chi connectivity index (χ2v) is 4.51. The summed E-state index contributed by atoms with van der Waals surface area (Å²) in [5, 5.41) is 9.56. The molecule has 21 heavy (non-hydrogen) atoms. The van der Waals surface area contributed by atoms with E-state index in [0.717, 1.165) is 18.7 Å². The first-order valence-electron chi connectivity index (χ1n) is 6.73. The average molecular weight is 289 g/mol. The van der Waals surface area contributed by atoms with Crippen LogP contribution in [-0.2, 0) is 6.54 Å². The fourth-order valence-corrected chi connectivity index (χ4v) is 1.83. The molecule has 0 spiro atoms. The zero-order valence-corrected chi connectivity index (χ0v) is 12.2. The Hall–Kier alpha value is -2.57. The van der Waals surface area contributed by atoms with Crippen LogP contribution < -0.4 is 15.4 Å². The Balaban J connectivity index is 1.77. The lowest BCUT2D eigenvalue weighted by molar-refractivity contribution is 0.251.